The molecule has 4 heteroatoms. The number of carbonyl (C=O) groups excluding carboxylic acids is 1. The lowest BCUT2D eigenvalue weighted by Crippen LogP contribution is -2.06. The minimum atomic E-state index is -0.657. The Hall–Kier alpha value is -2.54. The number of esters is 1. The van der Waals surface area contributed by atoms with Crippen LogP contribution in [-0.4, -0.2) is 18.7 Å². The molecule has 0 bridgehead atoms. The zero-order valence-corrected chi connectivity index (χ0v) is 11.6. The van der Waals surface area contributed by atoms with Crippen molar-refractivity contribution >= 4 is 12.0 Å². The summed E-state index contributed by atoms with van der Waals surface area (Å²) in [6.45, 7) is 7.41. The Balaban J connectivity index is 2.83. The van der Waals surface area contributed by atoms with Gasteiger partial charge in [-0.2, -0.15) is 5.26 Å². The molecule has 104 valence electrons. The van der Waals surface area contributed by atoms with E-state index in [4.69, 9.17) is 14.7 Å². The summed E-state index contributed by atoms with van der Waals surface area (Å²) in [5, 5.41) is 8.96. The molecule has 0 heterocycles. The first-order chi connectivity index (χ1) is 9.56. The van der Waals surface area contributed by atoms with Crippen LogP contribution in [0.4, 0.5) is 0 Å². The van der Waals surface area contributed by atoms with E-state index in [9.17, 15) is 4.79 Å². The third-order valence-corrected chi connectivity index (χ3v) is 2.24. The molecule has 0 radical (unpaired) electrons. The molecule has 1 aromatic rings. The van der Waals surface area contributed by atoms with Crippen LogP contribution in [0, 0.1) is 11.3 Å². The maximum atomic E-state index is 11.6. The van der Waals surface area contributed by atoms with Crippen LogP contribution in [0.5, 0.6) is 5.75 Å². The Kier molecular flexibility index (Phi) is 6.05. The predicted octanol–water partition coefficient (Wildman–Crippen LogP) is 3.11. The molecule has 0 amide bonds. The Morgan fingerprint density at radius 1 is 1.40 bits per heavy atom. The van der Waals surface area contributed by atoms with Crippen LogP contribution in [0.25, 0.3) is 6.08 Å². The minimum absolute atomic E-state index is 0.0515. The summed E-state index contributed by atoms with van der Waals surface area (Å²) in [5.74, 6) is 0.0831. The van der Waals surface area contributed by atoms with Gasteiger partial charge in [-0.25, -0.2) is 4.79 Å². The molecule has 0 unspecified atom stereocenters. The van der Waals surface area contributed by atoms with Gasteiger partial charge >= 0.3 is 5.97 Å². The SMILES string of the molecule is C=CCOC(=O)/C(C#N)=C\c1ccc(OC(C)C)cc1. The molecule has 0 spiro atoms. The Labute approximate surface area is 118 Å². The lowest BCUT2D eigenvalue weighted by atomic mass is 10.1. The largest absolute Gasteiger partial charge is 0.491 e. The van der Waals surface area contributed by atoms with Gasteiger partial charge in [0, 0.05) is 0 Å². The van der Waals surface area contributed by atoms with Crippen molar-refractivity contribution < 1.29 is 14.3 Å². The topological polar surface area (TPSA) is 59.3 Å². The van der Waals surface area contributed by atoms with Crippen LogP contribution in [0.2, 0.25) is 0 Å². The summed E-state index contributed by atoms with van der Waals surface area (Å²) in [4.78, 5) is 11.6. The first-order valence-electron chi connectivity index (χ1n) is 6.23. The number of carbonyl (C=O) groups is 1. The number of nitrogens with zero attached hydrogens (tertiary/aromatic N) is 1. The fraction of sp³-hybridized carbons (Fsp3) is 0.250. The summed E-state index contributed by atoms with van der Waals surface area (Å²) >= 11 is 0. The van der Waals surface area contributed by atoms with Crippen LogP contribution >= 0.6 is 0 Å². The molecule has 0 fully saturated rings. The highest BCUT2D eigenvalue weighted by Gasteiger charge is 2.09. The van der Waals surface area contributed by atoms with Gasteiger partial charge in [-0.1, -0.05) is 24.8 Å². The summed E-state index contributed by atoms with van der Waals surface area (Å²) in [6.07, 6.45) is 3.02. The lowest BCUT2D eigenvalue weighted by molar-refractivity contribution is -0.137. The van der Waals surface area contributed by atoms with Crippen LogP contribution < -0.4 is 4.74 Å². The Morgan fingerprint density at radius 2 is 2.05 bits per heavy atom. The summed E-state index contributed by atoms with van der Waals surface area (Å²) in [5.41, 5.74) is 0.678. The highest BCUT2D eigenvalue weighted by Crippen LogP contribution is 2.16. The van der Waals surface area contributed by atoms with Gasteiger partial charge in [0.15, 0.2) is 0 Å². The second-order valence-corrected chi connectivity index (χ2v) is 4.29. The van der Waals surface area contributed by atoms with E-state index in [1.165, 1.54) is 12.2 Å². The molecule has 0 aliphatic carbocycles. The van der Waals surface area contributed by atoms with E-state index < -0.39 is 5.97 Å². The van der Waals surface area contributed by atoms with Gasteiger partial charge in [0.2, 0.25) is 0 Å². The first kappa shape index (κ1) is 15.5. The molecule has 0 atom stereocenters. The third-order valence-electron chi connectivity index (χ3n) is 2.24. The predicted molar refractivity (Wildman–Crippen MR) is 77.0 cm³/mol. The van der Waals surface area contributed by atoms with Gasteiger partial charge in [-0.05, 0) is 37.6 Å². The van der Waals surface area contributed by atoms with E-state index in [1.54, 1.807) is 24.3 Å². The molecule has 1 rings (SSSR count). The van der Waals surface area contributed by atoms with Crippen molar-refractivity contribution in [1.82, 2.24) is 0 Å². The average Bonchev–Trinajstić information content (AvgIpc) is 2.43. The zero-order chi connectivity index (χ0) is 15.0. The first-order valence-corrected chi connectivity index (χ1v) is 6.23. The number of nitriles is 1. The van der Waals surface area contributed by atoms with E-state index in [0.29, 0.717) is 0 Å². The standard InChI is InChI=1S/C16H17NO3/c1-4-9-19-16(18)14(11-17)10-13-5-7-15(8-6-13)20-12(2)3/h4-8,10,12H,1,9H2,2-3H3/b14-10-. The molecule has 20 heavy (non-hydrogen) atoms. The van der Waals surface area contributed by atoms with Crippen LogP contribution in [0.15, 0.2) is 42.5 Å². The molecule has 0 saturated heterocycles. The van der Waals surface area contributed by atoms with Crippen LogP contribution in [-0.2, 0) is 9.53 Å². The van der Waals surface area contributed by atoms with Gasteiger partial charge in [-0.3, -0.25) is 0 Å². The highest BCUT2D eigenvalue weighted by atomic mass is 16.5. The molecule has 1 aromatic carbocycles. The number of benzene rings is 1. The smallest absolute Gasteiger partial charge is 0.349 e. The molecular weight excluding hydrogens is 254 g/mol. The summed E-state index contributed by atoms with van der Waals surface area (Å²) in [6, 6.07) is 8.95. The molecule has 0 saturated carbocycles. The van der Waals surface area contributed by atoms with Crippen molar-refractivity contribution in [3.8, 4) is 11.8 Å². The number of ether oxygens (including phenoxy) is 2. The maximum absolute atomic E-state index is 11.6. The monoisotopic (exact) mass is 271 g/mol. The fourth-order valence-electron chi connectivity index (χ4n) is 1.43. The Morgan fingerprint density at radius 3 is 2.55 bits per heavy atom. The van der Waals surface area contributed by atoms with Crippen molar-refractivity contribution in [2.45, 2.75) is 20.0 Å². The van der Waals surface area contributed by atoms with Crippen molar-refractivity contribution in [2.24, 2.45) is 0 Å². The zero-order valence-electron chi connectivity index (χ0n) is 11.6. The van der Waals surface area contributed by atoms with Gasteiger partial charge in [0.1, 0.15) is 24.0 Å². The molecule has 0 aliphatic rings. The van der Waals surface area contributed by atoms with Gasteiger partial charge in [-0.15, -0.1) is 0 Å². The number of rotatable bonds is 6. The van der Waals surface area contributed by atoms with Crippen molar-refractivity contribution in [3.05, 3.63) is 48.1 Å². The number of hydrogen-bond acceptors (Lipinski definition) is 4. The molecule has 0 aliphatic heterocycles. The van der Waals surface area contributed by atoms with Crippen molar-refractivity contribution in [1.29, 1.82) is 5.26 Å². The fourth-order valence-corrected chi connectivity index (χ4v) is 1.43. The summed E-state index contributed by atoms with van der Waals surface area (Å²) in [7, 11) is 0. The second kappa shape index (κ2) is 7.80. The van der Waals surface area contributed by atoms with Crippen molar-refractivity contribution in [3.63, 3.8) is 0 Å². The van der Waals surface area contributed by atoms with E-state index in [2.05, 4.69) is 6.58 Å². The molecule has 0 aromatic heterocycles. The quantitative estimate of drug-likeness (QED) is 0.345. The minimum Gasteiger partial charge on any atom is -0.491 e. The highest BCUT2D eigenvalue weighted by molar-refractivity contribution is 5.97. The second-order valence-electron chi connectivity index (χ2n) is 4.29. The normalized spacial score (nSPS) is 10.8. The van der Waals surface area contributed by atoms with Crippen LogP contribution in [0.3, 0.4) is 0 Å². The van der Waals surface area contributed by atoms with E-state index in [0.717, 1.165) is 11.3 Å². The third kappa shape index (κ3) is 4.99. The molecular formula is C16H17NO3. The maximum Gasteiger partial charge on any atom is 0.349 e. The van der Waals surface area contributed by atoms with Gasteiger partial charge in [0.05, 0.1) is 6.10 Å². The van der Waals surface area contributed by atoms with Gasteiger partial charge in [0.25, 0.3) is 0 Å². The molecule has 0 N–H and O–H groups in total. The number of hydrogen-bond donors (Lipinski definition) is 0. The summed E-state index contributed by atoms with van der Waals surface area (Å²) < 4.78 is 10.3. The lowest BCUT2D eigenvalue weighted by Gasteiger charge is -2.09. The van der Waals surface area contributed by atoms with Gasteiger partial charge < -0.3 is 9.47 Å². The Bertz CT molecular complexity index is 536. The average molecular weight is 271 g/mol. The molecule has 4 nitrogen and oxygen atoms in total. The van der Waals surface area contributed by atoms with E-state index in [-0.39, 0.29) is 18.3 Å². The van der Waals surface area contributed by atoms with E-state index in [1.807, 2.05) is 19.9 Å². The van der Waals surface area contributed by atoms with Crippen molar-refractivity contribution in [2.75, 3.05) is 6.61 Å². The van der Waals surface area contributed by atoms with E-state index >= 15 is 0 Å². The van der Waals surface area contributed by atoms with Crippen LogP contribution in [0.1, 0.15) is 19.4 Å².